The Morgan fingerprint density at radius 2 is 1.54 bits per heavy atom. The maximum atomic E-state index is 13.0. The zero-order valence-corrected chi connectivity index (χ0v) is 20.7. The number of rotatable bonds is 7. The predicted molar refractivity (Wildman–Crippen MR) is 132 cm³/mol. The van der Waals surface area contributed by atoms with Gasteiger partial charge in [0.25, 0.3) is 0 Å². The van der Waals surface area contributed by atoms with Crippen LogP contribution in [0.4, 0.5) is 13.2 Å². The van der Waals surface area contributed by atoms with Crippen molar-refractivity contribution in [3.8, 4) is 5.75 Å². The van der Waals surface area contributed by atoms with Gasteiger partial charge in [0.05, 0.1) is 4.90 Å². The average molecular weight is 529 g/mol. The highest BCUT2D eigenvalue weighted by Crippen LogP contribution is 2.28. The van der Waals surface area contributed by atoms with E-state index in [4.69, 9.17) is 0 Å². The van der Waals surface area contributed by atoms with Crippen LogP contribution in [-0.4, -0.2) is 26.9 Å². The first kappa shape index (κ1) is 27.3. The molecule has 1 aliphatic carbocycles. The zero-order valence-electron chi connectivity index (χ0n) is 19.1. The number of hydrogen-bond acceptors (Lipinski definition) is 4. The van der Waals surface area contributed by atoms with Crippen LogP contribution in [0.3, 0.4) is 0 Å². The fourth-order valence-corrected chi connectivity index (χ4v) is 5.91. The minimum absolute atomic E-state index is 0. The molecule has 1 fully saturated rings. The van der Waals surface area contributed by atoms with Crippen molar-refractivity contribution in [1.82, 2.24) is 10.0 Å². The maximum absolute atomic E-state index is 13.0. The monoisotopic (exact) mass is 528 g/mol. The summed E-state index contributed by atoms with van der Waals surface area (Å²) in [6.07, 6.45) is -1.45. The molecule has 1 aliphatic rings. The third kappa shape index (κ3) is 6.88. The van der Waals surface area contributed by atoms with E-state index in [0.29, 0.717) is 6.42 Å². The molecule has 3 atom stereocenters. The molecule has 2 N–H and O–H groups in total. The lowest BCUT2D eigenvalue weighted by atomic mass is 9.89. The Balaban J connectivity index is 0.00000342. The molecule has 0 heterocycles. The second-order valence-electron chi connectivity index (χ2n) is 8.59. The largest absolute Gasteiger partial charge is 0.573 e. The van der Waals surface area contributed by atoms with Crippen LogP contribution in [0.1, 0.15) is 44.2 Å². The number of nitrogens with one attached hydrogen (secondary N) is 2. The maximum Gasteiger partial charge on any atom is 0.573 e. The highest BCUT2D eigenvalue weighted by atomic mass is 35.5. The molecule has 190 valence electrons. The summed E-state index contributed by atoms with van der Waals surface area (Å²) in [5, 5.41) is 5.91. The van der Waals surface area contributed by atoms with Crippen LogP contribution >= 0.6 is 12.4 Å². The number of benzene rings is 3. The van der Waals surface area contributed by atoms with Gasteiger partial charge in [-0.3, -0.25) is 0 Å². The van der Waals surface area contributed by atoms with E-state index in [2.05, 4.69) is 46.0 Å². The van der Waals surface area contributed by atoms with E-state index >= 15 is 0 Å². The van der Waals surface area contributed by atoms with Gasteiger partial charge in [0.2, 0.25) is 10.0 Å². The quantitative estimate of drug-likeness (QED) is 0.389. The summed E-state index contributed by atoms with van der Waals surface area (Å²) in [6, 6.07) is 18.1. The van der Waals surface area contributed by atoms with Crippen LogP contribution < -0.4 is 14.8 Å². The molecule has 1 saturated carbocycles. The van der Waals surface area contributed by atoms with Gasteiger partial charge in [0, 0.05) is 18.1 Å². The fraction of sp³-hybridized carbons (Fsp3) is 0.360. The van der Waals surface area contributed by atoms with Crippen molar-refractivity contribution < 1.29 is 26.3 Å². The van der Waals surface area contributed by atoms with Crippen LogP contribution in [0.15, 0.2) is 71.6 Å². The Labute approximate surface area is 209 Å². The Morgan fingerprint density at radius 1 is 0.914 bits per heavy atom. The first-order chi connectivity index (χ1) is 16.1. The van der Waals surface area contributed by atoms with Gasteiger partial charge in [-0.05, 0) is 60.4 Å². The summed E-state index contributed by atoms with van der Waals surface area (Å²) < 4.78 is 69.7. The number of sulfonamides is 1. The lowest BCUT2D eigenvalue weighted by molar-refractivity contribution is -0.274. The normalized spacial score (nSPS) is 19.7. The zero-order chi connectivity index (χ0) is 24.3. The van der Waals surface area contributed by atoms with E-state index in [1.807, 2.05) is 18.2 Å². The number of alkyl halides is 3. The van der Waals surface area contributed by atoms with Gasteiger partial charge in [-0.1, -0.05) is 55.3 Å². The summed E-state index contributed by atoms with van der Waals surface area (Å²) in [5.74, 6) is -0.465. The number of ether oxygens (including phenoxy) is 1. The lowest BCUT2D eigenvalue weighted by Gasteiger charge is -2.35. The van der Waals surface area contributed by atoms with E-state index in [9.17, 15) is 21.6 Å². The summed E-state index contributed by atoms with van der Waals surface area (Å²) in [7, 11) is -3.92. The van der Waals surface area contributed by atoms with Gasteiger partial charge < -0.3 is 10.1 Å². The molecule has 0 radical (unpaired) electrons. The molecule has 0 aliphatic heterocycles. The molecule has 0 amide bonds. The van der Waals surface area contributed by atoms with Crippen LogP contribution in [-0.2, 0) is 10.0 Å². The molecular formula is C25H28ClF3N2O3S. The van der Waals surface area contributed by atoms with Crippen molar-refractivity contribution in [2.24, 2.45) is 0 Å². The molecule has 35 heavy (non-hydrogen) atoms. The van der Waals surface area contributed by atoms with Gasteiger partial charge >= 0.3 is 6.36 Å². The molecule has 3 aromatic rings. The molecule has 0 saturated heterocycles. The third-order valence-electron chi connectivity index (χ3n) is 6.19. The van der Waals surface area contributed by atoms with E-state index < -0.39 is 22.1 Å². The van der Waals surface area contributed by atoms with Crippen molar-refractivity contribution in [2.75, 3.05) is 0 Å². The molecule has 3 aromatic carbocycles. The standard InChI is InChI=1S/C25H27F3N2O3S.ClH/c1-17(21-10-6-8-18-7-2-3-9-22(18)21)29-23-11-4-5-12-24(23)30-34(31,32)20-15-13-19(14-16-20)33-25(26,27)28;/h2-3,6-10,13-17,23-24,29-30H,4-5,11-12H2,1H3;1H. The van der Waals surface area contributed by atoms with Gasteiger partial charge in [-0.15, -0.1) is 25.6 Å². The average Bonchev–Trinajstić information content (AvgIpc) is 2.79. The molecule has 4 rings (SSSR count). The number of hydrogen-bond donors (Lipinski definition) is 2. The second kappa shape index (κ2) is 11.2. The highest BCUT2D eigenvalue weighted by Gasteiger charge is 2.32. The summed E-state index contributed by atoms with van der Waals surface area (Å²) in [4.78, 5) is -0.103. The molecule has 0 aromatic heterocycles. The van der Waals surface area contributed by atoms with Crippen molar-refractivity contribution in [3.63, 3.8) is 0 Å². The van der Waals surface area contributed by atoms with Gasteiger partial charge in [-0.25, -0.2) is 13.1 Å². The van der Waals surface area contributed by atoms with Crippen molar-refractivity contribution >= 4 is 33.2 Å². The number of fused-ring (bicyclic) bond motifs is 1. The molecular weight excluding hydrogens is 501 g/mol. The summed E-state index contributed by atoms with van der Waals surface area (Å²) >= 11 is 0. The summed E-state index contributed by atoms with van der Waals surface area (Å²) in [5.41, 5.74) is 1.14. The van der Waals surface area contributed by atoms with Gasteiger partial charge in [0.1, 0.15) is 5.75 Å². The molecule has 3 unspecified atom stereocenters. The molecule has 5 nitrogen and oxygen atoms in total. The Bertz CT molecular complexity index is 1230. The molecule has 0 spiro atoms. The third-order valence-corrected chi connectivity index (χ3v) is 7.70. The highest BCUT2D eigenvalue weighted by molar-refractivity contribution is 7.89. The summed E-state index contributed by atoms with van der Waals surface area (Å²) in [6.45, 7) is 2.07. The molecule has 0 bridgehead atoms. The molecule has 10 heteroatoms. The van der Waals surface area contributed by atoms with E-state index in [1.54, 1.807) is 0 Å². The Hall–Kier alpha value is -2.33. The minimum Gasteiger partial charge on any atom is -0.406 e. The van der Waals surface area contributed by atoms with Crippen molar-refractivity contribution in [2.45, 2.75) is 62.0 Å². The van der Waals surface area contributed by atoms with Crippen LogP contribution in [0, 0.1) is 0 Å². The second-order valence-corrected chi connectivity index (χ2v) is 10.3. The van der Waals surface area contributed by atoms with Gasteiger partial charge in [0.15, 0.2) is 0 Å². The first-order valence-electron chi connectivity index (χ1n) is 11.2. The van der Waals surface area contributed by atoms with Crippen molar-refractivity contribution in [1.29, 1.82) is 0 Å². The smallest absolute Gasteiger partial charge is 0.406 e. The Kier molecular flexibility index (Phi) is 8.69. The minimum atomic E-state index is -4.83. The topological polar surface area (TPSA) is 67.4 Å². The van der Waals surface area contributed by atoms with Crippen LogP contribution in [0.25, 0.3) is 10.8 Å². The van der Waals surface area contributed by atoms with E-state index in [-0.39, 0.29) is 35.4 Å². The van der Waals surface area contributed by atoms with Crippen LogP contribution in [0.5, 0.6) is 5.75 Å². The SMILES string of the molecule is CC(NC1CCCCC1NS(=O)(=O)c1ccc(OC(F)(F)F)cc1)c1cccc2ccccc12.Cl. The van der Waals surface area contributed by atoms with Crippen molar-refractivity contribution in [3.05, 3.63) is 72.3 Å². The number of halogens is 4. The first-order valence-corrected chi connectivity index (χ1v) is 12.7. The Morgan fingerprint density at radius 3 is 2.23 bits per heavy atom. The van der Waals surface area contributed by atoms with E-state index in [0.717, 1.165) is 59.9 Å². The van der Waals surface area contributed by atoms with E-state index in [1.165, 1.54) is 0 Å². The van der Waals surface area contributed by atoms with Gasteiger partial charge in [-0.2, -0.15) is 0 Å². The lowest BCUT2D eigenvalue weighted by Crippen LogP contribution is -2.52. The van der Waals surface area contributed by atoms with Crippen LogP contribution in [0.2, 0.25) is 0 Å². The predicted octanol–water partition coefficient (Wildman–Crippen LogP) is 6.10. The fourth-order valence-electron chi connectivity index (χ4n) is 4.60.